The van der Waals surface area contributed by atoms with E-state index < -0.39 is 31.3 Å². The maximum Gasteiger partial charge on any atom is 0.485 e. The third kappa shape index (κ3) is 9.96. The number of hydrogen-bond donors (Lipinski definition) is 0. The second-order valence-corrected chi connectivity index (χ2v) is 10.4. The van der Waals surface area contributed by atoms with Crippen LogP contribution in [0.25, 0.3) is 0 Å². The Kier molecular flexibility index (Phi) is 9.93. The van der Waals surface area contributed by atoms with Crippen LogP contribution < -0.4 is 9.97 Å². The average Bonchev–Trinajstić information content (AvgIpc) is 2.76. The Labute approximate surface area is 213 Å². The van der Waals surface area contributed by atoms with E-state index in [1.54, 1.807) is 0 Å². The minimum absolute atomic E-state index is 0.850. The molecule has 208 valence electrons. The Morgan fingerprint density at radius 1 is 0.605 bits per heavy atom. The number of halogens is 6. The molecule has 0 saturated carbocycles. The number of pyridine rings is 3. The van der Waals surface area contributed by atoms with Crippen molar-refractivity contribution in [3.05, 3.63) is 88.8 Å². The molecule has 4 rings (SSSR count). The van der Waals surface area contributed by atoms with Crippen molar-refractivity contribution in [2.45, 2.75) is 36.7 Å². The van der Waals surface area contributed by atoms with Gasteiger partial charge in [-0.2, -0.15) is 26.3 Å². The lowest BCUT2D eigenvalue weighted by molar-refractivity contribution is -0.408. The van der Waals surface area contributed by atoms with Crippen LogP contribution in [0, 0.1) is 0 Å². The quantitative estimate of drug-likeness (QED) is 0.222. The third-order valence-corrected chi connectivity index (χ3v) is 5.80. The van der Waals surface area contributed by atoms with Crippen LogP contribution in [0.5, 0.6) is 0 Å². The van der Waals surface area contributed by atoms with Gasteiger partial charge in [0, 0.05) is 37.1 Å². The number of alkyl halides is 6. The number of rotatable bonds is 0. The highest BCUT2D eigenvalue weighted by Gasteiger charge is 2.37. The van der Waals surface area contributed by atoms with Gasteiger partial charge in [0.15, 0.2) is 43.0 Å². The zero-order chi connectivity index (χ0) is 28.8. The molecule has 6 bridgehead atoms. The predicted octanol–water partition coefficient (Wildman–Crippen LogP) is 2.09. The molecule has 0 amide bonds. The third-order valence-electron chi connectivity index (χ3n) is 4.67. The maximum atomic E-state index is 10.7. The molecule has 1 aliphatic heterocycles. The first-order valence-corrected chi connectivity index (χ1v) is 13.2. The second kappa shape index (κ2) is 12.1. The maximum absolute atomic E-state index is 10.7. The minimum atomic E-state index is -6.09. The van der Waals surface area contributed by atoms with Crippen LogP contribution in [0.3, 0.4) is 0 Å². The molecule has 38 heavy (non-hydrogen) atoms. The van der Waals surface area contributed by atoms with E-state index in [-0.39, 0.29) is 0 Å². The van der Waals surface area contributed by atoms with Gasteiger partial charge in [-0.25, -0.2) is 26.8 Å². The Morgan fingerprint density at radius 3 is 1.21 bits per heavy atom. The van der Waals surface area contributed by atoms with Gasteiger partial charge in [0.1, 0.15) is 0 Å². The number of hydrogen-bond acceptors (Lipinski definition) is 7. The Morgan fingerprint density at radius 2 is 0.895 bits per heavy atom. The zero-order valence-corrected chi connectivity index (χ0v) is 20.6. The molecule has 2 N–H and O–H groups in total. The van der Waals surface area contributed by atoms with Crippen molar-refractivity contribution in [1.82, 2.24) is 4.98 Å². The lowest BCUT2D eigenvalue weighted by Gasteiger charge is -2.08. The van der Waals surface area contributed by atoms with Gasteiger partial charge in [0.25, 0.3) is 0 Å². The molecular formula is C21H19F6N3O6S2. The predicted molar refractivity (Wildman–Crippen MR) is 115 cm³/mol. The van der Waals surface area contributed by atoms with E-state index in [1.165, 1.54) is 22.8 Å². The molecule has 9 nitrogen and oxygen atoms in total. The van der Waals surface area contributed by atoms with Crippen LogP contribution in [0.4, 0.5) is 26.3 Å². The molecule has 0 spiro atoms. The number of nitrogens with one attached hydrogen (secondary N) is 2. The summed E-state index contributed by atoms with van der Waals surface area (Å²) in [5.41, 5.74) is -4.09. The number of H-pyrrole nitrogens is 2. The van der Waals surface area contributed by atoms with Crippen LogP contribution in [-0.2, 0) is 45.9 Å². The number of fused-ring (bicyclic) bond motifs is 6. The van der Waals surface area contributed by atoms with Gasteiger partial charge in [-0.1, -0.05) is 6.07 Å². The largest absolute Gasteiger partial charge is 0.741 e. The number of nitrogens with zero attached hydrogens (tertiary/aromatic N) is 1. The van der Waals surface area contributed by atoms with Crippen molar-refractivity contribution in [2.24, 2.45) is 0 Å². The fourth-order valence-corrected chi connectivity index (χ4v) is 3.02. The summed E-state index contributed by atoms with van der Waals surface area (Å²) >= 11 is 0. The van der Waals surface area contributed by atoms with E-state index in [2.05, 4.69) is 64.6 Å². The van der Waals surface area contributed by atoms with E-state index in [0.717, 1.165) is 37.1 Å². The highest BCUT2D eigenvalue weighted by atomic mass is 32.2. The fourth-order valence-electron chi connectivity index (χ4n) is 3.02. The van der Waals surface area contributed by atoms with Crippen LogP contribution in [-0.4, -0.2) is 41.9 Å². The van der Waals surface area contributed by atoms with Crippen LogP contribution in [0.15, 0.2) is 54.6 Å². The number of aromatic nitrogens is 3. The number of aromatic amines is 2. The highest BCUT2D eigenvalue weighted by molar-refractivity contribution is 7.86. The van der Waals surface area contributed by atoms with E-state index in [0.29, 0.717) is 0 Å². The topological polar surface area (TPSA) is 156 Å². The molecule has 4 heterocycles. The SMILES string of the molecule is O=S(=O)([O-])C(F)(F)F.O=S(=O)([O-])C(F)(F)F.c1cc2nc(c1)Cc1cccc([nH+]1)CCc1cccc([nH+]1)C2. The van der Waals surface area contributed by atoms with E-state index in [1.807, 2.05) is 0 Å². The van der Waals surface area contributed by atoms with E-state index in [9.17, 15) is 26.3 Å². The Balaban J connectivity index is 0.000000264. The van der Waals surface area contributed by atoms with Crippen molar-refractivity contribution >= 4 is 20.2 Å². The van der Waals surface area contributed by atoms with Gasteiger partial charge < -0.3 is 9.11 Å². The first kappa shape index (κ1) is 31.1. The lowest BCUT2D eigenvalue weighted by atomic mass is 10.1. The zero-order valence-electron chi connectivity index (χ0n) is 19.0. The molecule has 0 atom stereocenters. The minimum Gasteiger partial charge on any atom is -0.741 e. The Bertz CT molecular complexity index is 1360. The average molecular weight is 588 g/mol. The molecule has 3 aromatic rings. The standard InChI is InChI=1S/C19H17N3.2CHF3O3S/c1-4-14-10-11-15-5-2-7-17(21-15)13-19-9-3-8-18(22-19)12-16(6-1)20-14;2*2-1(3,4)8(5,6)7/h1-9H,10-13H2;2*(H,5,6,7). The first-order valence-electron chi connectivity index (χ1n) is 10.3. The summed E-state index contributed by atoms with van der Waals surface area (Å²) < 4.78 is 118. The molecule has 0 unspecified atom stereocenters. The first-order chi connectivity index (χ1) is 17.3. The molecule has 1 aliphatic rings. The summed E-state index contributed by atoms with van der Waals surface area (Å²) in [6.45, 7) is 0. The number of aryl methyl sites for hydroxylation is 2. The second-order valence-electron chi connectivity index (χ2n) is 7.68. The summed E-state index contributed by atoms with van der Waals surface area (Å²) in [5.74, 6) is 0. The van der Waals surface area contributed by atoms with Gasteiger partial charge in [0.2, 0.25) is 0 Å². The molecule has 3 aromatic heterocycles. The summed E-state index contributed by atoms with van der Waals surface area (Å²) in [5, 5.41) is 0. The summed E-state index contributed by atoms with van der Waals surface area (Å²) in [7, 11) is -12.2. The molecule has 0 aliphatic carbocycles. The van der Waals surface area contributed by atoms with Crippen LogP contribution in [0.2, 0.25) is 0 Å². The fraction of sp³-hybridized carbons (Fsp3) is 0.286. The van der Waals surface area contributed by atoms with Gasteiger partial charge in [-0.15, -0.1) is 0 Å². The molecule has 0 radical (unpaired) electrons. The van der Waals surface area contributed by atoms with Crippen molar-refractivity contribution in [3.8, 4) is 0 Å². The normalized spacial score (nSPS) is 13.8. The van der Waals surface area contributed by atoms with Crippen molar-refractivity contribution in [3.63, 3.8) is 0 Å². The monoisotopic (exact) mass is 587 g/mol. The van der Waals surface area contributed by atoms with E-state index >= 15 is 0 Å². The molecule has 0 aromatic carbocycles. The Hall–Kier alpha value is -3.15. The van der Waals surface area contributed by atoms with Crippen molar-refractivity contribution < 1.29 is 62.3 Å². The van der Waals surface area contributed by atoms with E-state index in [4.69, 9.17) is 30.9 Å². The summed E-state index contributed by atoms with van der Waals surface area (Å²) in [6, 6.07) is 19.2. The van der Waals surface area contributed by atoms with Gasteiger partial charge in [-0.3, -0.25) is 4.98 Å². The molecule has 0 fully saturated rings. The smallest absolute Gasteiger partial charge is 0.485 e. The summed E-state index contributed by atoms with van der Waals surface area (Å²) in [6.07, 6.45) is 3.73. The van der Waals surface area contributed by atoms with Crippen molar-refractivity contribution in [1.29, 1.82) is 0 Å². The van der Waals surface area contributed by atoms with Crippen LogP contribution >= 0.6 is 0 Å². The molecule has 0 saturated heterocycles. The van der Waals surface area contributed by atoms with Gasteiger partial charge in [0.05, 0.1) is 24.2 Å². The lowest BCUT2D eigenvalue weighted by Crippen LogP contribution is -2.21. The summed E-state index contributed by atoms with van der Waals surface area (Å²) in [4.78, 5) is 11.9. The van der Waals surface area contributed by atoms with Gasteiger partial charge >= 0.3 is 11.0 Å². The van der Waals surface area contributed by atoms with Crippen LogP contribution in [0.1, 0.15) is 34.2 Å². The highest BCUT2D eigenvalue weighted by Crippen LogP contribution is 2.21. The van der Waals surface area contributed by atoms with Gasteiger partial charge in [-0.05, 0) is 24.3 Å². The molecular weight excluding hydrogens is 568 g/mol. The van der Waals surface area contributed by atoms with Crippen molar-refractivity contribution in [2.75, 3.05) is 0 Å². The molecule has 17 heteroatoms.